The molecule has 3 saturated heterocycles. The lowest BCUT2D eigenvalue weighted by atomic mass is 9.99. The van der Waals surface area contributed by atoms with Crippen LogP contribution < -0.4 is 0 Å². The summed E-state index contributed by atoms with van der Waals surface area (Å²) in [5, 5.41) is 10.3. The van der Waals surface area contributed by atoms with E-state index in [0.29, 0.717) is 13.0 Å². The van der Waals surface area contributed by atoms with Crippen molar-refractivity contribution < 1.29 is 28.8 Å². The van der Waals surface area contributed by atoms with Crippen molar-refractivity contribution >= 4 is 0 Å². The maximum absolute atomic E-state index is 10.3. The molecule has 0 unspecified atom stereocenters. The average molecular weight is 340 g/mol. The molecule has 0 aromatic heterocycles. The van der Waals surface area contributed by atoms with E-state index in [4.69, 9.17) is 23.7 Å². The molecular weight excluding hydrogens is 312 g/mol. The molecule has 24 heavy (non-hydrogen) atoms. The molecule has 3 aliphatic heterocycles. The van der Waals surface area contributed by atoms with Gasteiger partial charge in [0.15, 0.2) is 17.9 Å². The van der Waals surface area contributed by atoms with Crippen LogP contribution in [0.4, 0.5) is 0 Å². The number of fused-ring (bicyclic) bond motifs is 1. The van der Waals surface area contributed by atoms with Gasteiger partial charge in [-0.1, -0.05) is 12.2 Å². The second-order valence-electron chi connectivity index (χ2n) is 7.45. The van der Waals surface area contributed by atoms with Gasteiger partial charge in [-0.15, -0.1) is 6.58 Å². The Kier molecular flexibility index (Phi) is 4.90. The van der Waals surface area contributed by atoms with E-state index in [1.165, 1.54) is 0 Å². The highest BCUT2D eigenvalue weighted by molar-refractivity contribution is 5.25. The van der Waals surface area contributed by atoms with Gasteiger partial charge in [0, 0.05) is 0 Å². The zero-order valence-electron chi connectivity index (χ0n) is 14.9. The minimum atomic E-state index is -0.711. The number of aliphatic hydroxyl groups excluding tert-OH is 1. The molecule has 0 amide bonds. The summed E-state index contributed by atoms with van der Waals surface area (Å²) in [4.78, 5) is 0. The number of allylic oxidation sites excluding steroid dienone is 1. The minimum Gasteiger partial charge on any atom is -0.389 e. The zero-order chi connectivity index (χ0) is 17.5. The van der Waals surface area contributed by atoms with E-state index in [0.717, 1.165) is 12.0 Å². The molecule has 136 valence electrons. The molecule has 3 heterocycles. The van der Waals surface area contributed by atoms with E-state index in [9.17, 15) is 5.11 Å². The van der Waals surface area contributed by atoms with Crippen LogP contribution in [0.2, 0.25) is 0 Å². The summed E-state index contributed by atoms with van der Waals surface area (Å²) < 4.78 is 29.5. The van der Waals surface area contributed by atoms with Crippen molar-refractivity contribution in [2.45, 2.75) is 82.8 Å². The Morgan fingerprint density at radius 2 is 1.92 bits per heavy atom. The van der Waals surface area contributed by atoms with Crippen molar-refractivity contribution in [1.29, 1.82) is 0 Å². The van der Waals surface area contributed by atoms with Crippen LogP contribution in [-0.2, 0) is 23.7 Å². The van der Waals surface area contributed by atoms with Crippen LogP contribution in [0.5, 0.6) is 0 Å². The zero-order valence-corrected chi connectivity index (χ0v) is 14.9. The fraction of sp³-hybridized carbons (Fsp3) is 0.778. The van der Waals surface area contributed by atoms with E-state index >= 15 is 0 Å². The predicted molar refractivity (Wildman–Crippen MR) is 87.1 cm³/mol. The van der Waals surface area contributed by atoms with Gasteiger partial charge in [0.2, 0.25) is 0 Å². The summed E-state index contributed by atoms with van der Waals surface area (Å²) in [6.07, 6.45) is 2.93. The van der Waals surface area contributed by atoms with Gasteiger partial charge in [-0.2, -0.15) is 0 Å². The van der Waals surface area contributed by atoms with Gasteiger partial charge < -0.3 is 28.8 Å². The van der Waals surface area contributed by atoms with E-state index in [2.05, 4.69) is 6.58 Å². The standard InChI is InChI=1S/C18H28O6/c1-6-7-8-11(19)9-12-14(13-10-20-17(2,3)22-13)21-16-15(12)23-18(4,5)24-16/h6,9,11,13-16,19H,1,7-8,10H2,2-5H3/t11-,13+,14+,15-,16-/m1/s1. The van der Waals surface area contributed by atoms with Gasteiger partial charge in [-0.3, -0.25) is 0 Å². The maximum Gasteiger partial charge on any atom is 0.191 e. The molecule has 0 radical (unpaired) electrons. The van der Waals surface area contributed by atoms with Crippen LogP contribution in [0.15, 0.2) is 24.3 Å². The van der Waals surface area contributed by atoms with E-state index in [-0.39, 0.29) is 18.3 Å². The largest absolute Gasteiger partial charge is 0.389 e. The Balaban J connectivity index is 1.80. The molecule has 1 N–H and O–H groups in total. The molecule has 0 bridgehead atoms. The van der Waals surface area contributed by atoms with Crippen molar-refractivity contribution in [3.05, 3.63) is 24.3 Å². The summed E-state index contributed by atoms with van der Waals surface area (Å²) in [5.74, 6) is -1.35. The average Bonchev–Trinajstić information content (AvgIpc) is 3.08. The first-order valence-electron chi connectivity index (χ1n) is 8.54. The molecule has 0 aromatic rings. The smallest absolute Gasteiger partial charge is 0.191 e. The topological polar surface area (TPSA) is 66.4 Å². The Hall–Kier alpha value is -0.760. The molecule has 3 aliphatic rings. The van der Waals surface area contributed by atoms with Gasteiger partial charge in [0.05, 0.1) is 12.7 Å². The van der Waals surface area contributed by atoms with Crippen LogP contribution in [0, 0.1) is 0 Å². The Morgan fingerprint density at radius 1 is 1.17 bits per heavy atom. The van der Waals surface area contributed by atoms with Crippen LogP contribution in [0.3, 0.4) is 0 Å². The fourth-order valence-corrected chi connectivity index (χ4v) is 3.39. The second-order valence-corrected chi connectivity index (χ2v) is 7.45. The van der Waals surface area contributed by atoms with Crippen LogP contribution in [0.1, 0.15) is 40.5 Å². The highest BCUT2D eigenvalue weighted by Gasteiger charge is 2.55. The first-order valence-corrected chi connectivity index (χ1v) is 8.54. The highest BCUT2D eigenvalue weighted by atomic mass is 16.8. The van der Waals surface area contributed by atoms with Crippen LogP contribution in [-0.4, -0.2) is 54.0 Å². The Morgan fingerprint density at radius 3 is 2.54 bits per heavy atom. The van der Waals surface area contributed by atoms with E-state index < -0.39 is 24.0 Å². The van der Waals surface area contributed by atoms with Gasteiger partial charge in [0.1, 0.15) is 18.3 Å². The van der Waals surface area contributed by atoms with Gasteiger partial charge in [-0.25, -0.2) is 0 Å². The molecule has 0 saturated carbocycles. The van der Waals surface area contributed by atoms with E-state index in [1.807, 2.05) is 33.8 Å². The first-order chi connectivity index (χ1) is 11.2. The summed E-state index contributed by atoms with van der Waals surface area (Å²) in [5.41, 5.74) is 0.869. The van der Waals surface area contributed by atoms with Crippen molar-refractivity contribution in [2.24, 2.45) is 0 Å². The van der Waals surface area contributed by atoms with Crippen molar-refractivity contribution in [1.82, 2.24) is 0 Å². The van der Waals surface area contributed by atoms with Gasteiger partial charge >= 0.3 is 0 Å². The quantitative estimate of drug-likeness (QED) is 0.775. The fourth-order valence-electron chi connectivity index (χ4n) is 3.39. The molecule has 0 aliphatic carbocycles. The Bertz CT molecular complexity index is 512. The normalized spacial score (nSPS) is 40.0. The molecule has 5 atom stereocenters. The maximum atomic E-state index is 10.3. The third-order valence-electron chi connectivity index (χ3n) is 4.42. The molecule has 6 heteroatoms. The number of ether oxygens (including phenoxy) is 5. The van der Waals surface area contributed by atoms with Crippen LogP contribution in [0.25, 0.3) is 0 Å². The molecule has 3 fully saturated rings. The number of hydrogen-bond acceptors (Lipinski definition) is 6. The lowest BCUT2D eigenvalue weighted by Gasteiger charge is -2.25. The second kappa shape index (κ2) is 6.52. The monoisotopic (exact) mass is 340 g/mol. The SMILES string of the molecule is C=CCC[C@@H](O)C=C1[C@H]2OC(C)(C)O[C@H]2O[C@@H]1[C@@H]1COC(C)(C)O1. The first kappa shape index (κ1) is 18.0. The Labute approximate surface area is 143 Å². The van der Waals surface area contributed by atoms with Crippen LogP contribution >= 0.6 is 0 Å². The summed E-state index contributed by atoms with van der Waals surface area (Å²) in [7, 11) is 0. The predicted octanol–water partition coefficient (Wildman–Crippen LogP) is 2.27. The van der Waals surface area contributed by atoms with Crippen molar-refractivity contribution in [3.8, 4) is 0 Å². The number of hydrogen-bond donors (Lipinski definition) is 1. The molecular formula is C18H28O6. The van der Waals surface area contributed by atoms with Crippen molar-refractivity contribution in [3.63, 3.8) is 0 Å². The van der Waals surface area contributed by atoms with Crippen molar-refractivity contribution in [2.75, 3.05) is 6.61 Å². The number of rotatable bonds is 5. The molecule has 6 nitrogen and oxygen atoms in total. The highest BCUT2D eigenvalue weighted by Crippen LogP contribution is 2.43. The third kappa shape index (κ3) is 3.74. The molecule has 0 aromatic carbocycles. The van der Waals surface area contributed by atoms with Gasteiger partial charge in [0.25, 0.3) is 0 Å². The molecule has 0 spiro atoms. The lowest BCUT2D eigenvalue weighted by Crippen LogP contribution is -2.35. The third-order valence-corrected chi connectivity index (χ3v) is 4.42. The molecule has 3 rings (SSSR count). The number of aliphatic hydroxyl groups is 1. The minimum absolute atomic E-state index is 0.251. The summed E-state index contributed by atoms with van der Waals surface area (Å²) in [6.45, 7) is 11.6. The summed E-state index contributed by atoms with van der Waals surface area (Å²) >= 11 is 0. The lowest BCUT2D eigenvalue weighted by molar-refractivity contribution is -0.215. The van der Waals surface area contributed by atoms with Gasteiger partial charge in [-0.05, 0) is 46.1 Å². The summed E-state index contributed by atoms with van der Waals surface area (Å²) in [6, 6.07) is 0. The van der Waals surface area contributed by atoms with E-state index in [1.54, 1.807) is 6.08 Å².